The number of carbonyl (C=O) groups excluding carboxylic acids is 1. The van der Waals surface area contributed by atoms with Crippen molar-refractivity contribution in [3.05, 3.63) is 83.1 Å². The molecule has 1 aliphatic heterocycles. The van der Waals surface area contributed by atoms with Gasteiger partial charge in [-0.3, -0.25) is 9.36 Å². The predicted molar refractivity (Wildman–Crippen MR) is 144 cm³/mol. The van der Waals surface area contributed by atoms with Crippen LogP contribution in [0.1, 0.15) is 16.7 Å². The highest BCUT2D eigenvalue weighted by molar-refractivity contribution is 7.10. The van der Waals surface area contributed by atoms with Gasteiger partial charge in [-0.05, 0) is 27.8 Å². The molecule has 38 heavy (non-hydrogen) atoms. The molecule has 0 radical (unpaired) electrons. The largest absolute Gasteiger partial charge is 0.394 e. The Balaban J connectivity index is 1.26. The number of fused-ring (bicyclic) bond motifs is 2. The fourth-order valence-electron chi connectivity index (χ4n) is 4.89. The standard InChI is InChI=1S/C27H26N6O4S/c34-13-20-24(36)22(32-21(35)11-18-8-4-10-38-18)27(37-20)33-15-31-23-25(29-14-30-26(23)33)28-12-17-7-3-6-16-5-1-2-9-19(16)17/h1-10,14-15,20,22,24,27,34,36H,11-13H2,(H,32,35)(H,28,29,30)/t20-,22-,24-,27-/m1/s1. The lowest BCUT2D eigenvalue weighted by Gasteiger charge is -2.22. The first kappa shape index (κ1) is 24.4. The van der Waals surface area contributed by atoms with Crippen molar-refractivity contribution in [1.82, 2.24) is 24.8 Å². The number of thiophene rings is 1. The van der Waals surface area contributed by atoms with Gasteiger partial charge in [0.15, 0.2) is 23.2 Å². The minimum Gasteiger partial charge on any atom is -0.394 e. The van der Waals surface area contributed by atoms with Gasteiger partial charge in [0, 0.05) is 11.4 Å². The summed E-state index contributed by atoms with van der Waals surface area (Å²) in [5.41, 5.74) is 2.13. The second kappa shape index (κ2) is 10.5. The van der Waals surface area contributed by atoms with E-state index < -0.39 is 31.1 Å². The highest BCUT2D eigenvalue weighted by Gasteiger charge is 2.45. The fourth-order valence-corrected chi connectivity index (χ4v) is 5.60. The van der Waals surface area contributed by atoms with Gasteiger partial charge < -0.3 is 25.6 Å². The van der Waals surface area contributed by atoms with E-state index in [9.17, 15) is 15.0 Å². The van der Waals surface area contributed by atoms with Gasteiger partial charge in [0.1, 0.15) is 24.6 Å². The fraction of sp³-hybridized carbons (Fsp3) is 0.259. The molecule has 6 rings (SSSR count). The van der Waals surface area contributed by atoms with Gasteiger partial charge in [0.25, 0.3) is 0 Å². The van der Waals surface area contributed by atoms with Crippen LogP contribution < -0.4 is 10.6 Å². The Hall–Kier alpha value is -3.90. The molecule has 5 aromatic rings. The number of hydrogen-bond donors (Lipinski definition) is 4. The molecule has 1 aliphatic rings. The van der Waals surface area contributed by atoms with Crippen molar-refractivity contribution in [2.45, 2.75) is 37.4 Å². The Morgan fingerprint density at radius 3 is 2.79 bits per heavy atom. The summed E-state index contributed by atoms with van der Waals surface area (Å²) in [6, 6.07) is 17.3. The SMILES string of the molecule is O=C(Cc1cccs1)N[C@@H]1[C@H](O)[C@@H](CO)O[C@H]1n1cnc2c(NCc3cccc4ccccc34)ncnc21. The number of ether oxygens (including phenoxy) is 1. The van der Waals surface area contributed by atoms with Gasteiger partial charge in [-0.25, -0.2) is 15.0 Å². The lowest BCUT2D eigenvalue weighted by atomic mass is 10.0. The molecule has 0 unspecified atom stereocenters. The second-order valence-corrected chi connectivity index (χ2v) is 10.2. The second-order valence-electron chi connectivity index (χ2n) is 9.13. The van der Waals surface area contributed by atoms with Gasteiger partial charge >= 0.3 is 0 Å². The third-order valence-corrected chi connectivity index (χ3v) is 7.63. The molecule has 0 bridgehead atoms. The first-order valence-electron chi connectivity index (χ1n) is 12.3. The van der Waals surface area contributed by atoms with Crippen LogP contribution in [0.3, 0.4) is 0 Å². The van der Waals surface area contributed by atoms with E-state index in [2.05, 4.69) is 49.9 Å². The van der Waals surface area contributed by atoms with E-state index in [0.29, 0.717) is 23.5 Å². The first-order valence-corrected chi connectivity index (χ1v) is 13.1. The Morgan fingerprint density at radius 2 is 1.95 bits per heavy atom. The predicted octanol–water partition coefficient (Wildman–Crippen LogP) is 2.63. The van der Waals surface area contributed by atoms with Crippen LogP contribution in [-0.2, 0) is 22.5 Å². The number of amides is 1. The van der Waals surface area contributed by atoms with Crippen LogP contribution >= 0.6 is 11.3 Å². The highest BCUT2D eigenvalue weighted by Crippen LogP contribution is 2.32. The first-order chi connectivity index (χ1) is 18.6. The van der Waals surface area contributed by atoms with Crippen molar-refractivity contribution in [3.63, 3.8) is 0 Å². The summed E-state index contributed by atoms with van der Waals surface area (Å²) in [6.45, 7) is 0.140. The molecule has 0 saturated carbocycles. The van der Waals surface area contributed by atoms with Crippen molar-refractivity contribution < 1.29 is 19.7 Å². The maximum Gasteiger partial charge on any atom is 0.225 e. The lowest BCUT2D eigenvalue weighted by molar-refractivity contribution is -0.122. The summed E-state index contributed by atoms with van der Waals surface area (Å²) in [4.78, 5) is 27.0. The number of nitrogens with zero attached hydrogens (tertiary/aromatic N) is 4. The molecule has 1 fully saturated rings. The van der Waals surface area contributed by atoms with Crippen LogP contribution in [0.5, 0.6) is 0 Å². The molecular weight excluding hydrogens is 504 g/mol. The average molecular weight is 531 g/mol. The molecule has 194 valence electrons. The molecule has 0 aliphatic carbocycles. The van der Waals surface area contributed by atoms with Crippen LogP contribution in [0.2, 0.25) is 0 Å². The number of anilines is 1. The highest BCUT2D eigenvalue weighted by atomic mass is 32.1. The minimum atomic E-state index is -1.11. The van der Waals surface area contributed by atoms with Crippen LogP contribution in [-0.4, -0.2) is 60.5 Å². The molecule has 3 aromatic heterocycles. The van der Waals surface area contributed by atoms with Gasteiger partial charge in [0.2, 0.25) is 5.91 Å². The number of imidazole rings is 1. The molecule has 11 heteroatoms. The number of benzene rings is 2. The van der Waals surface area contributed by atoms with E-state index in [1.807, 2.05) is 35.7 Å². The molecular formula is C27H26N6O4S. The quantitative estimate of drug-likeness (QED) is 0.241. The summed E-state index contributed by atoms with van der Waals surface area (Å²) in [6.07, 6.45) is 0.381. The van der Waals surface area contributed by atoms with E-state index in [1.54, 1.807) is 10.9 Å². The summed E-state index contributed by atoms with van der Waals surface area (Å²) in [5.74, 6) is 0.303. The van der Waals surface area contributed by atoms with Crippen molar-refractivity contribution in [2.75, 3.05) is 11.9 Å². The van der Waals surface area contributed by atoms with Crippen molar-refractivity contribution in [3.8, 4) is 0 Å². The number of aliphatic hydroxyl groups excluding tert-OH is 2. The van der Waals surface area contributed by atoms with Crippen LogP contribution in [0.15, 0.2) is 72.6 Å². The van der Waals surface area contributed by atoms with E-state index in [-0.39, 0.29) is 12.3 Å². The zero-order valence-electron chi connectivity index (χ0n) is 20.3. The molecule has 10 nitrogen and oxygen atoms in total. The molecule has 4 N–H and O–H groups in total. The number of nitrogens with one attached hydrogen (secondary N) is 2. The number of aromatic nitrogens is 4. The van der Waals surface area contributed by atoms with Gasteiger partial charge in [-0.15, -0.1) is 11.3 Å². The van der Waals surface area contributed by atoms with Gasteiger partial charge in [0.05, 0.1) is 19.4 Å². The summed E-state index contributed by atoms with van der Waals surface area (Å²) in [7, 11) is 0. The number of rotatable bonds is 8. The topological polar surface area (TPSA) is 134 Å². The molecule has 0 spiro atoms. The molecule has 2 aromatic carbocycles. The van der Waals surface area contributed by atoms with Crippen molar-refractivity contribution in [1.29, 1.82) is 0 Å². The number of carbonyl (C=O) groups is 1. The maximum absolute atomic E-state index is 12.8. The number of hydrogen-bond acceptors (Lipinski definition) is 9. The Kier molecular flexibility index (Phi) is 6.73. The normalized spacial score (nSPS) is 21.2. The molecule has 1 saturated heterocycles. The zero-order chi connectivity index (χ0) is 26.1. The smallest absolute Gasteiger partial charge is 0.225 e. The molecule has 4 atom stereocenters. The minimum absolute atomic E-state index is 0.187. The molecule has 4 heterocycles. The Labute approximate surface area is 222 Å². The lowest BCUT2D eigenvalue weighted by Crippen LogP contribution is -2.47. The maximum atomic E-state index is 12.8. The van der Waals surface area contributed by atoms with Crippen LogP contribution in [0.25, 0.3) is 21.9 Å². The van der Waals surface area contributed by atoms with Crippen molar-refractivity contribution >= 4 is 45.0 Å². The van der Waals surface area contributed by atoms with E-state index in [1.165, 1.54) is 17.7 Å². The Bertz CT molecular complexity index is 1570. The Morgan fingerprint density at radius 1 is 1.08 bits per heavy atom. The monoisotopic (exact) mass is 530 g/mol. The van der Waals surface area contributed by atoms with E-state index in [0.717, 1.165) is 21.2 Å². The zero-order valence-corrected chi connectivity index (χ0v) is 21.1. The van der Waals surface area contributed by atoms with Crippen molar-refractivity contribution in [2.24, 2.45) is 0 Å². The van der Waals surface area contributed by atoms with Gasteiger partial charge in [-0.2, -0.15) is 0 Å². The summed E-state index contributed by atoms with van der Waals surface area (Å²) in [5, 5.41) is 31.1. The van der Waals surface area contributed by atoms with Crippen LogP contribution in [0.4, 0.5) is 5.82 Å². The van der Waals surface area contributed by atoms with Crippen LogP contribution in [0, 0.1) is 0 Å². The van der Waals surface area contributed by atoms with E-state index in [4.69, 9.17) is 4.74 Å². The third kappa shape index (κ3) is 4.61. The average Bonchev–Trinajstić information content (AvgIpc) is 3.67. The molecule has 1 amide bonds. The summed E-state index contributed by atoms with van der Waals surface area (Å²) < 4.78 is 7.63. The number of aliphatic hydroxyl groups is 2. The third-order valence-electron chi connectivity index (χ3n) is 6.75. The van der Waals surface area contributed by atoms with E-state index >= 15 is 0 Å². The van der Waals surface area contributed by atoms with Gasteiger partial charge in [-0.1, -0.05) is 48.5 Å². The summed E-state index contributed by atoms with van der Waals surface area (Å²) >= 11 is 1.49.